The highest BCUT2D eigenvalue weighted by Gasteiger charge is 2.23. The predicted molar refractivity (Wildman–Crippen MR) is 168 cm³/mol. The Labute approximate surface area is 231 Å². The lowest BCUT2D eigenvalue weighted by atomic mass is 9.98. The molecule has 5 aromatic carbocycles. The molecule has 3 nitrogen and oxygen atoms in total. The SMILES string of the molecule is C1=CCCC(c2ccnc(-n3c4cccc5ccc6c7c8ccccc8n(-c8ccccc8)c7cc3c6c54)c2)=C1. The van der Waals surface area contributed by atoms with Crippen molar-refractivity contribution >= 4 is 60.0 Å². The minimum atomic E-state index is 0.958. The lowest BCUT2D eigenvalue weighted by Gasteiger charge is -2.13. The molecule has 1 aliphatic carbocycles. The first-order valence-electron chi connectivity index (χ1n) is 14.0. The second-order valence-corrected chi connectivity index (χ2v) is 10.7. The highest BCUT2D eigenvalue weighted by molar-refractivity contribution is 6.33. The fourth-order valence-electron chi connectivity index (χ4n) is 6.89. The quantitative estimate of drug-likeness (QED) is 0.217. The van der Waals surface area contributed by atoms with E-state index in [1.807, 2.05) is 6.20 Å². The van der Waals surface area contributed by atoms with Crippen molar-refractivity contribution in [3.8, 4) is 11.5 Å². The van der Waals surface area contributed by atoms with Crippen LogP contribution in [-0.2, 0) is 0 Å². The van der Waals surface area contributed by atoms with Crippen LogP contribution in [0, 0.1) is 0 Å². The van der Waals surface area contributed by atoms with E-state index < -0.39 is 0 Å². The molecule has 3 heterocycles. The zero-order chi connectivity index (χ0) is 26.2. The molecule has 0 bridgehead atoms. The van der Waals surface area contributed by atoms with Crippen molar-refractivity contribution in [2.45, 2.75) is 12.8 Å². The van der Waals surface area contributed by atoms with Gasteiger partial charge in [0.1, 0.15) is 5.82 Å². The van der Waals surface area contributed by atoms with Crippen LogP contribution >= 0.6 is 0 Å². The van der Waals surface area contributed by atoms with Crippen molar-refractivity contribution in [1.82, 2.24) is 14.1 Å². The molecule has 188 valence electrons. The molecule has 0 radical (unpaired) electrons. The number of pyridine rings is 1. The van der Waals surface area contributed by atoms with Gasteiger partial charge in [0, 0.05) is 33.4 Å². The lowest BCUT2D eigenvalue weighted by Crippen LogP contribution is -1.99. The molecular weight excluding hydrogens is 486 g/mol. The Morgan fingerprint density at radius 1 is 0.600 bits per heavy atom. The van der Waals surface area contributed by atoms with Gasteiger partial charge in [0.15, 0.2) is 0 Å². The number of rotatable bonds is 3. The Kier molecular flexibility index (Phi) is 4.44. The molecule has 40 heavy (non-hydrogen) atoms. The third-order valence-electron chi connectivity index (χ3n) is 8.59. The number of nitrogens with zero attached hydrogens (tertiary/aromatic N) is 3. The molecule has 0 spiro atoms. The Bertz CT molecular complexity index is 2310. The van der Waals surface area contributed by atoms with Crippen molar-refractivity contribution in [2.24, 2.45) is 0 Å². The number of benzene rings is 5. The number of hydrogen-bond donors (Lipinski definition) is 0. The monoisotopic (exact) mass is 511 g/mol. The second-order valence-electron chi connectivity index (χ2n) is 10.7. The van der Waals surface area contributed by atoms with Crippen molar-refractivity contribution in [2.75, 3.05) is 0 Å². The number of allylic oxidation sites excluding steroid dienone is 4. The van der Waals surface area contributed by atoms with E-state index in [1.165, 1.54) is 71.2 Å². The topological polar surface area (TPSA) is 22.8 Å². The van der Waals surface area contributed by atoms with Crippen LogP contribution in [0.2, 0.25) is 0 Å². The largest absolute Gasteiger partial charge is 0.309 e. The Balaban J connectivity index is 1.46. The number of fused-ring (bicyclic) bond motifs is 4. The van der Waals surface area contributed by atoms with E-state index in [2.05, 4.69) is 130 Å². The third-order valence-corrected chi connectivity index (χ3v) is 8.59. The lowest BCUT2D eigenvalue weighted by molar-refractivity contribution is 1.04. The third kappa shape index (κ3) is 2.92. The number of aromatic nitrogens is 3. The van der Waals surface area contributed by atoms with Gasteiger partial charge in [-0.3, -0.25) is 4.57 Å². The van der Waals surface area contributed by atoms with E-state index in [4.69, 9.17) is 4.98 Å². The van der Waals surface area contributed by atoms with Crippen LogP contribution in [0.5, 0.6) is 0 Å². The summed E-state index contributed by atoms with van der Waals surface area (Å²) in [5.74, 6) is 0.958. The van der Waals surface area contributed by atoms with E-state index in [0.29, 0.717) is 0 Å². The molecule has 0 saturated heterocycles. The molecule has 0 saturated carbocycles. The first-order valence-corrected chi connectivity index (χ1v) is 14.0. The maximum Gasteiger partial charge on any atom is 0.138 e. The second kappa shape index (κ2) is 8.17. The first kappa shape index (κ1) is 21.7. The Hall–Kier alpha value is -5.15. The molecule has 0 unspecified atom stereocenters. The Morgan fingerprint density at radius 3 is 2.35 bits per heavy atom. The standard InChI is InChI=1S/C37H25N3/c1-3-10-24(11-4-1)26-20-21-38-34(22-26)40-31-17-9-12-25-18-19-29-36-28-15-7-8-16-30(28)39(27-13-5-2-6-14-27)32(36)23-33(40)37(29)35(25)31/h1-3,5-10,12-23H,4,11H2. The van der Waals surface area contributed by atoms with Crippen molar-refractivity contribution in [3.63, 3.8) is 0 Å². The van der Waals surface area contributed by atoms with Crippen LogP contribution in [0.3, 0.4) is 0 Å². The van der Waals surface area contributed by atoms with Gasteiger partial charge in [-0.05, 0) is 77.2 Å². The Morgan fingerprint density at radius 2 is 1.45 bits per heavy atom. The van der Waals surface area contributed by atoms with Gasteiger partial charge < -0.3 is 4.57 Å². The zero-order valence-corrected chi connectivity index (χ0v) is 21.9. The highest BCUT2D eigenvalue weighted by Crippen LogP contribution is 2.45. The first-order chi connectivity index (χ1) is 19.9. The smallest absolute Gasteiger partial charge is 0.138 e. The fourth-order valence-corrected chi connectivity index (χ4v) is 6.89. The van der Waals surface area contributed by atoms with E-state index >= 15 is 0 Å². The molecule has 9 rings (SSSR count). The summed E-state index contributed by atoms with van der Waals surface area (Å²) in [6.07, 6.45) is 10.8. The summed E-state index contributed by atoms with van der Waals surface area (Å²) in [6, 6.07) is 37.5. The summed E-state index contributed by atoms with van der Waals surface area (Å²) in [5.41, 5.74) is 8.60. The van der Waals surface area contributed by atoms with E-state index in [0.717, 1.165) is 18.7 Å². The van der Waals surface area contributed by atoms with Gasteiger partial charge >= 0.3 is 0 Å². The van der Waals surface area contributed by atoms with Crippen LogP contribution in [0.25, 0.3) is 71.5 Å². The summed E-state index contributed by atoms with van der Waals surface area (Å²) in [5, 5.41) is 7.75. The maximum absolute atomic E-state index is 4.95. The van der Waals surface area contributed by atoms with E-state index in [-0.39, 0.29) is 0 Å². The summed E-state index contributed by atoms with van der Waals surface area (Å²) in [4.78, 5) is 4.95. The van der Waals surface area contributed by atoms with Crippen LogP contribution in [0.4, 0.5) is 0 Å². The van der Waals surface area contributed by atoms with Gasteiger partial charge in [-0.15, -0.1) is 0 Å². The molecule has 3 heteroatoms. The molecule has 3 aromatic heterocycles. The number of para-hydroxylation sites is 2. The average Bonchev–Trinajstić information content (AvgIpc) is 3.54. The van der Waals surface area contributed by atoms with Gasteiger partial charge in [-0.2, -0.15) is 0 Å². The molecule has 1 aliphatic rings. The van der Waals surface area contributed by atoms with E-state index in [9.17, 15) is 0 Å². The summed E-state index contributed by atoms with van der Waals surface area (Å²) < 4.78 is 4.79. The van der Waals surface area contributed by atoms with Crippen LogP contribution < -0.4 is 0 Å². The van der Waals surface area contributed by atoms with Gasteiger partial charge in [0.25, 0.3) is 0 Å². The minimum absolute atomic E-state index is 0.958. The van der Waals surface area contributed by atoms with Crippen molar-refractivity contribution in [1.29, 1.82) is 0 Å². The molecule has 8 aromatic rings. The van der Waals surface area contributed by atoms with Crippen LogP contribution in [0.15, 0.2) is 128 Å². The van der Waals surface area contributed by atoms with Crippen LogP contribution in [0.1, 0.15) is 18.4 Å². The molecule has 0 atom stereocenters. The van der Waals surface area contributed by atoms with Crippen LogP contribution in [-0.4, -0.2) is 14.1 Å². The number of hydrogen-bond acceptors (Lipinski definition) is 1. The van der Waals surface area contributed by atoms with E-state index in [1.54, 1.807) is 0 Å². The predicted octanol–water partition coefficient (Wildman–Crippen LogP) is 9.60. The summed E-state index contributed by atoms with van der Waals surface area (Å²) in [6.45, 7) is 0. The normalized spacial score (nSPS) is 13.8. The van der Waals surface area contributed by atoms with Gasteiger partial charge in [0.2, 0.25) is 0 Å². The van der Waals surface area contributed by atoms with Gasteiger partial charge in [0.05, 0.1) is 22.1 Å². The molecule has 0 amide bonds. The molecule has 0 aliphatic heterocycles. The maximum atomic E-state index is 4.95. The summed E-state index contributed by atoms with van der Waals surface area (Å²) >= 11 is 0. The van der Waals surface area contributed by atoms with Gasteiger partial charge in [-0.25, -0.2) is 4.98 Å². The summed E-state index contributed by atoms with van der Waals surface area (Å²) in [7, 11) is 0. The highest BCUT2D eigenvalue weighted by atomic mass is 15.1. The zero-order valence-electron chi connectivity index (χ0n) is 21.9. The average molecular weight is 512 g/mol. The molecule has 0 N–H and O–H groups in total. The van der Waals surface area contributed by atoms with Gasteiger partial charge in [-0.1, -0.05) is 78.9 Å². The van der Waals surface area contributed by atoms with Crippen molar-refractivity contribution < 1.29 is 0 Å². The fraction of sp³-hybridized carbons (Fsp3) is 0.0541. The molecular formula is C37H25N3. The minimum Gasteiger partial charge on any atom is -0.309 e. The molecule has 0 fully saturated rings. The van der Waals surface area contributed by atoms with Crippen molar-refractivity contribution in [3.05, 3.63) is 133 Å².